The predicted octanol–water partition coefficient (Wildman–Crippen LogP) is 0.735. The highest BCUT2D eigenvalue weighted by Crippen LogP contribution is 2.36. The van der Waals surface area contributed by atoms with Crippen LogP contribution in [-0.2, 0) is 4.74 Å². The molecule has 3 rings (SSSR count). The lowest BCUT2D eigenvalue weighted by molar-refractivity contribution is 0.0450. The smallest absolute Gasteiger partial charge is 0.339 e. The van der Waals surface area contributed by atoms with Gasteiger partial charge in [0.1, 0.15) is 5.56 Å². The van der Waals surface area contributed by atoms with Gasteiger partial charge < -0.3 is 14.8 Å². The number of nitrogens with zero attached hydrogens (tertiary/aromatic N) is 1. The van der Waals surface area contributed by atoms with Crippen molar-refractivity contribution in [3.05, 3.63) is 57.6 Å². The van der Waals surface area contributed by atoms with Gasteiger partial charge in [0.05, 0.1) is 11.9 Å². The molecule has 1 aliphatic heterocycles. The molecule has 6 nitrogen and oxygen atoms in total. The molecule has 2 heterocycles. The van der Waals surface area contributed by atoms with E-state index in [-0.39, 0.29) is 5.56 Å². The van der Waals surface area contributed by atoms with Crippen molar-refractivity contribution in [1.29, 1.82) is 0 Å². The quantitative estimate of drug-likeness (QED) is 0.721. The van der Waals surface area contributed by atoms with Crippen LogP contribution in [0.15, 0.2) is 35.4 Å². The molecule has 0 saturated heterocycles. The Kier molecular flexibility index (Phi) is 2.16. The van der Waals surface area contributed by atoms with E-state index in [1.807, 2.05) is 0 Å². The van der Waals surface area contributed by atoms with Crippen molar-refractivity contribution in [3.63, 3.8) is 0 Å². The second-order valence-corrected chi connectivity index (χ2v) is 3.84. The third-order valence-electron chi connectivity index (χ3n) is 2.82. The highest BCUT2D eigenvalue weighted by Gasteiger charge is 2.35. The van der Waals surface area contributed by atoms with Gasteiger partial charge in [0.2, 0.25) is 5.88 Å². The summed E-state index contributed by atoms with van der Waals surface area (Å²) in [4.78, 5) is 29.3. The van der Waals surface area contributed by atoms with Crippen LogP contribution in [0.4, 0.5) is 0 Å². The number of benzene rings is 1. The van der Waals surface area contributed by atoms with Gasteiger partial charge in [0.15, 0.2) is 6.10 Å². The molecule has 1 aromatic heterocycles. The summed E-state index contributed by atoms with van der Waals surface area (Å²) < 4.78 is 5.12. The number of esters is 1. The first kappa shape index (κ1) is 10.5. The zero-order chi connectivity index (χ0) is 12.7. The number of H-pyrrole nitrogens is 1. The number of nitrogens with one attached hydrogen (secondary N) is 1. The number of aromatic amines is 1. The van der Waals surface area contributed by atoms with Crippen molar-refractivity contribution in [2.75, 3.05) is 0 Å². The van der Waals surface area contributed by atoms with Crippen LogP contribution in [0.2, 0.25) is 0 Å². The van der Waals surface area contributed by atoms with E-state index in [4.69, 9.17) is 4.74 Å². The maximum absolute atomic E-state index is 11.7. The molecule has 6 heteroatoms. The van der Waals surface area contributed by atoms with E-state index in [0.29, 0.717) is 11.1 Å². The fraction of sp³-hybridized carbons (Fsp3) is 0.0833. The first-order valence-electron chi connectivity index (χ1n) is 5.25. The lowest BCUT2D eigenvalue weighted by Crippen LogP contribution is -2.17. The zero-order valence-electron chi connectivity index (χ0n) is 9.08. The minimum Gasteiger partial charge on any atom is -0.493 e. The van der Waals surface area contributed by atoms with E-state index in [1.54, 1.807) is 24.3 Å². The Morgan fingerprint density at radius 1 is 1.28 bits per heavy atom. The van der Waals surface area contributed by atoms with Gasteiger partial charge >= 0.3 is 5.97 Å². The number of cyclic esters (lactones) is 1. The van der Waals surface area contributed by atoms with Crippen molar-refractivity contribution < 1.29 is 14.6 Å². The van der Waals surface area contributed by atoms with Gasteiger partial charge in [0, 0.05) is 5.56 Å². The van der Waals surface area contributed by atoms with Crippen LogP contribution < -0.4 is 5.56 Å². The Bertz CT molecular complexity index is 692. The molecule has 0 radical (unpaired) electrons. The Labute approximate surface area is 101 Å². The molecule has 0 aliphatic carbocycles. The van der Waals surface area contributed by atoms with Crippen LogP contribution in [-0.4, -0.2) is 21.0 Å². The van der Waals surface area contributed by atoms with Gasteiger partial charge in [-0.3, -0.25) is 4.79 Å². The highest BCUT2D eigenvalue weighted by molar-refractivity contribution is 5.94. The monoisotopic (exact) mass is 244 g/mol. The van der Waals surface area contributed by atoms with E-state index in [9.17, 15) is 14.7 Å². The number of hydrogen-bond donors (Lipinski definition) is 2. The molecular weight excluding hydrogens is 236 g/mol. The van der Waals surface area contributed by atoms with E-state index in [2.05, 4.69) is 9.97 Å². The number of hydrogen-bond acceptors (Lipinski definition) is 5. The summed E-state index contributed by atoms with van der Waals surface area (Å²) in [5.74, 6) is -0.952. The molecular formula is C12H8N2O4. The van der Waals surface area contributed by atoms with E-state index in [1.165, 1.54) is 0 Å². The van der Waals surface area contributed by atoms with Crippen LogP contribution in [0.25, 0.3) is 0 Å². The largest absolute Gasteiger partial charge is 0.493 e. The van der Waals surface area contributed by atoms with Crippen molar-refractivity contribution in [3.8, 4) is 5.88 Å². The molecule has 0 saturated carbocycles. The minimum atomic E-state index is -0.911. The summed E-state index contributed by atoms with van der Waals surface area (Å²) in [6, 6.07) is 6.72. The van der Waals surface area contributed by atoms with Crippen molar-refractivity contribution >= 4 is 5.97 Å². The molecule has 2 N–H and O–H groups in total. The van der Waals surface area contributed by atoms with Gasteiger partial charge in [-0.25, -0.2) is 9.78 Å². The normalized spacial score (nSPS) is 17.3. The summed E-state index contributed by atoms with van der Waals surface area (Å²) in [5.41, 5.74) is 0.356. The van der Waals surface area contributed by atoms with Crippen LogP contribution in [0, 0.1) is 0 Å². The molecule has 1 atom stereocenters. The summed E-state index contributed by atoms with van der Waals surface area (Å²) in [5, 5.41) is 9.64. The minimum absolute atomic E-state index is 0.0594. The van der Waals surface area contributed by atoms with Crippen LogP contribution >= 0.6 is 0 Å². The molecule has 1 aliphatic rings. The number of ether oxygens (including phenoxy) is 1. The van der Waals surface area contributed by atoms with E-state index < -0.39 is 23.5 Å². The lowest BCUT2D eigenvalue weighted by atomic mass is 10.0. The Hall–Kier alpha value is -2.63. The fourth-order valence-electron chi connectivity index (χ4n) is 2.00. The Morgan fingerprint density at radius 2 is 2.06 bits per heavy atom. The highest BCUT2D eigenvalue weighted by atomic mass is 16.5. The topological polar surface area (TPSA) is 92.3 Å². The number of fused-ring (bicyclic) bond motifs is 1. The summed E-state index contributed by atoms with van der Waals surface area (Å²) in [6.45, 7) is 0. The fourth-order valence-corrected chi connectivity index (χ4v) is 2.00. The van der Waals surface area contributed by atoms with Crippen LogP contribution in [0.3, 0.4) is 0 Å². The number of aromatic hydroxyl groups is 1. The number of carbonyl (C=O) groups is 1. The number of carbonyl (C=O) groups excluding carboxylic acids is 1. The number of rotatable bonds is 1. The third-order valence-corrected chi connectivity index (χ3v) is 2.82. The molecule has 0 amide bonds. The molecule has 90 valence electrons. The van der Waals surface area contributed by atoms with Crippen LogP contribution in [0.1, 0.15) is 27.6 Å². The first-order valence-corrected chi connectivity index (χ1v) is 5.25. The predicted molar refractivity (Wildman–Crippen MR) is 60.2 cm³/mol. The average Bonchev–Trinajstić information content (AvgIpc) is 2.68. The first-order chi connectivity index (χ1) is 8.68. The lowest BCUT2D eigenvalue weighted by Gasteiger charge is -2.10. The van der Waals surface area contributed by atoms with Crippen LogP contribution in [0.5, 0.6) is 5.88 Å². The molecule has 0 fully saturated rings. The number of aromatic nitrogens is 2. The molecule has 2 aromatic rings. The second-order valence-electron chi connectivity index (χ2n) is 3.84. The standard InChI is InChI=1S/C12H8N2O4/c15-10-8(11(16)14-5-13-10)9-6-3-1-2-4-7(6)12(17)18-9/h1-5,9H,(H2,13,14,15,16)/t9-/m1/s1. The maximum atomic E-state index is 11.7. The Morgan fingerprint density at radius 3 is 2.83 bits per heavy atom. The summed E-state index contributed by atoms with van der Waals surface area (Å²) >= 11 is 0. The van der Waals surface area contributed by atoms with Gasteiger partial charge in [0.25, 0.3) is 5.56 Å². The van der Waals surface area contributed by atoms with Gasteiger partial charge in [-0.2, -0.15) is 0 Å². The van der Waals surface area contributed by atoms with Crippen molar-refractivity contribution in [1.82, 2.24) is 9.97 Å². The summed E-state index contributed by atoms with van der Waals surface area (Å²) in [7, 11) is 0. The summed E-state index contributed by atoms with van der Waals surface area (Å²) in [6.07, 6.45) is 0.176. The third kappa shape index (κ3) is 1.39. The average molecular weight is 244 g/mol. The van der Waals surface area contributed by atoms with Gasteiger partial charge in [-0.15, -0.1) is 0 Å². The SMILES string of the molecule is O=C1O[C@@H](c2c(O)nc[nH]c2=O)c2ccccc21. The maximum Gasteiger partial charge on any atom is 0.339 e. The molecule has 18 heavy (non-hydrogen) atoms. The van der Waals surface area contributed by atoms with Gasteiger partial charge in [-0.1, -0.05) is 18.2 Å². The van der Waals surface area contributed by atoms with E-state index in [0.717, 1.165) is 6.33 Å². The van der Waals surface area contributed by atoms with Crippen molar-refractivity contribution in [2.45, 2.75) is 6.10 Å². The molecule has 0 unspecified atom stereocenters. The zero-order valence-corrected chi connectivity index (χ0v) is 9.08. The second kappa shape index (κ2) is 3.69. The molecule has 1 aromatic carbocycles. The van der Waals surface area contributed by atoms with E-state index >= 15 is 0 Å². The van der Waals surface area contributed by atoms with Crippen molar-refractivity contribution in [2.24, 2.45) is 0 Å². The Balaban J connectivity index is 2.22. The van der Waals surface area contributed by atoms with Gasteiger partial charge in [-0.05, 0) is 6.07 Å². The molecule has 0 spiro atoms. The molecule has 0 bridgehead atoms.